The van der Waals surface area contributed by atoms with Crippen LogP contribution in [0.3, 0.4) is 0 Å². The molecule has 18 heavy (non-hydrogen) atoms. The molecule has 1 aliphatic rings. The highest BCUT2D eigenvalue weighted by molar-refractivity contribution is 5.68. The van der Waals surface area contributed by atoms with Crippen molar-refractivity contribution in [3.63, 3.8) is 0 Å². The molecular weight excluding hydrogens is 228 g/mol. The van der Waals surface area contributed by atoms with Crippen molar-refractivity contribution in [2.75, 3.05) is 13.1 Å². The predicted molar refractivity (Wildman–Crippen MR) is 70.6 cm³/mol. The molecule has 4 heteroatoms. The lowest BCUT2D eigenvalue weighted by molar-refractivity contribution is -0.139. The van der Waals surface area contributed by atoms with Gasteiger partial charge in [-0.05, 0) is 19.4 Å². The Hall–Kier alpha value is -1.39. The first-order chi connectivity index (χ1) is 8.51. The molecule has 98 valence electrons. The molecule has 0 saturated carbocycles. The number of aryl methyl sites for hydroxylation is 1. The van der Waals surface area contributed by atoms with Crippen LogP contribution in [0.2, 0.25) is 0 Å². The molecule has 2 rings (SSSR count). The van der Waals surface area contributed by atoms with Crippen molar-refractivity contribution in [2.24, 2.45) is 0 Å². The smallest absolute Gasteiger partial charge is 0.305 e. The van der Waals surface area contributed by atoms with Gasteiger partial charge in [0.1, 0.15) is 0 Å². The van der Waals surface area contributed by atoms with Gasteiger partial charge < -0.3 is 15.7 Å². The Bertz CT molecular complexity index is 424. The molecule has 1 aromatic carbocycles. The Balaban J connectivity index is 2.03. The highest BCUT2D eigenvalue weighted by Gasteiger charge is 2.39. The zero-order valence-corrected chi connectivity index (χ0v) is 10.9. The highest BCUT2D eigenvalue weighted by Crippen LogP contribution is 2.22. The minimum atomic E-state index is -0.750. The predicted octanol–water partition coefficient (Wildman–Crippen LogP) is 1.46. The first kappa shape index (κ1) is 13.1. The third-order valence-electron chi connectivity index (χ3n) is 3.52. The zero-order valence-electron chi connectivity index (χ0n) is 10.9. The third-order valence-corrected chi connectivity index (χ3v) is 3.52. The number of hydrogen-bond acceptors (Lipinski definition) is 3. The van der Waals surface area contributed by atoms with Crippen LogP contribution < -0.4 is 10.6 Å². The Morgan fingerprint density at radius 3 is 2.50 bits per heavy atom. The molecule has 1 atom stereocenters. The fraction of sp³-hybridized carbons (Fsp3) is 0.500. The summed E-state index contributed by atoms with van der Waals surface area (Å²) in [6, 6.07) is 8.50. The average molecular weight is 248 g/mol. The fourth-order valence-corrected chi connectivity index (χ4v) is 2.39. The monoisotopic (exact) mass is 248 g/mol. The molecule has 1 heterocycles. The number of hydrogen-bond donors (Lipinski definition) is 3. The molecule has 0 aliphatic carbocycles. The van der Waals surface area contributed by atoms with Crippen molar-refractivity contribution in [2.45, 2.75) is 31.8 Å². The van der Waals surface area contributed by atoms with Crippen LogP contribution in [0, 0.1) is 6.92 Å². The number of carboxylic acids is 1. The normalized spacial score (nSPS) is 19.0. The van der Waals surface area contributed by atoms with Gasteiger partial charge in [-0.15, -0.1) is 0 Å². The molecule has 1 aromatic rings. The van der Waals surface area contributed by atoms with E-state index in [0.717, 1.165) is 13.1 Å². The summed E-state index contributed by atoms with van der Waals surface area (Å²) < 4.78 is 0. The Labute approximate surface area is 107 Å². The van der Waals surface area contributed by atoms with Crippen LogP contribution in [0.15, 0.2) is 24.3 Å². The van der Waals surface area contributed by atoms with Crippen molar-refractivity contribution in [3.05, 3.63) is 35.4 Å². The second kappa shape index (κ2) is 5.08. The van der Waals surface area contributed by atoms with Crippen LogP contribution in [0.5, 0.6) is 0 Å². The first-order valence-electron chi connectivity index (χ1n) is 6.28. The molecule has 1 unspecified atom stereocenters. The molecule has 0 aromatic heterocycles. The van der Waals surface area contributed by atoms with Gasteiger partial charge in [0.15, 0.2) is 0 Å². The van der Waals surface area contributed by atoms with Crippen molar-refractivity contribution >= 4 is 5.97 Å². The second-order valence-electron chi connectivity index (χ2n) is 5.23. The summed E-state index contributed by atoms with van der Waals surface area (Å²) >= 11 is 0. The van der Waals surface area contributed by atoms with Gasteiger partial charge in [0.2, 0.25) is 0 Å². The van der Waals surface area contributed by atoms with Gasteiger partial charge in [0.05, 0.1) is 12.0 Å². The molecular formula is C14H20N2O2. The molecule has 4 nitrogen and oxygen atoms in total. The van der Waals surface area contributed by atoms with Crippen molar-refractivity contribution < 1.29 is 9.90 Å². The summed E-state index contributed by atoms with van der Waals surface area (Å²) in [5, 5.41) is 15.6. The van der Waals surface area contributed by atoms with Gasteiger partial charge >= 0.3 is 5.97 Å². The van der Waals surface area contributed by atoms with Gasteiger partial charge in [-0.3, -0.25) is 4.79 Å². The maximum absolute atomic E-state index is 10.9. The summed E-state index contributed by atoms with van der Waals surface area (Å²) in [6.07, 6.45) is 0.163. The van der Waals surface area contributed by atoms with E-state index in [4.69, 9.17) is 5.11 Å². The van der Waals surface area contributed by atoms with E-state index in [9.17, 15) is 4.79 Å². The lowest BCUT2D eigenvalue weighted by atomic mass is 9.87. The molecule has 0 spiro atoms. The fourth-order valence-electron chi connectivity index (χ4n) is 2.39. The van der Waals surface area contributed by atoms with E-state index in [-0.39, 0.29) is 18.0 Å². The summed E-state index contributed by atoms with van der Waals surface area (Å²) in [5.74, 6) is -0.750. The quantitative estimate of drug-likeness (QED) is 0.738. The number of carboxylic acid groups (broad SMARTS) is 1. The first-order valence-corrected chi connectivity index (χ1v) is 6.28. The summed E-state index contributed by atoms with van der Waals surface area (Å²) in [6.45, 7) is 5.57. The highest BCUT2D eigenvalue weighted by atomic mass is 16.4. The van der Waals surface area contributed by atoms with E-state index in [2.05, 4.69) is 48.7 Å². The second-order valence-corrected chi connectivity index (χ2v) is 5.23. The van der Waals surface area contributed by atoms with Crippen LogP contribution >= 0.6 is 0 Å². The average Bonchev–Trinajstić information content (AvgIpc) is 2.26. The van der Waals surface area contributed by atoms with E-state index in [1.54, 1.807) is 0 Å². The molecule has 3 N–H and O–H groups in total. The number of benzene rings is 1. The van der Waals surface area contributed by atoms with E-state index >= 15 is 0 Å². The lowest BCUT2D eigenvalue weighted by Crippen LogP contribution is -2.68. The molecule has 1 aliphatic heterocycles. The maximum Gasteiger partial charge on any atom is 0.305 e. The third kappa shape index (κ3) is 2.89. The topological polar surface area (TPSA) is 61.4 Å². The summed E-state index contributed by atoms with van der Waals surface area (Å²) in [7, 11) is 0. The maximum atomic E-state index is 10.9. The van der Waals surface area contributed by atoms with Crippen LogP contribution in [0.4, 0.5) is 0 Å². The SMILES string of the molecule is Cc1ccc(C(C)NC2(CC(=O)O)CNC2)cc1. The van der Waals surface area contributed by atoms with E-state index in [1.165, 1.54) is 11.1 Å². The standard InChI is InChI=1S/C14H20N2O2/c1-10-3-5-12(6-4-10)11(2)16-14(7-13(17)18)8-15-9-14/h3-6,11,15-16H,7-9H2,1-2H3,(H,17,18). The Morgan fingerprint density at radius 2 is 2.06 bits per heavy atom. The number of carbonyl (C=O) groups is 1. The van der Waals surface area contributed by atoms with Gasteiger partial charge in [0, 0.05) is 19.1 Å². The van der Waals surface area contributed by atoms with Gasteiger partial charge in [0.25, 0.3) is 0 Å². The van der Waals surface area contributed by atoms with Gasteiger partial charge in [-0.1, -0.05) is 29.8 Å². The van der Waals surface area contributed by atoms with Crippen molar-refractivity contribution in [1.82, 2.24) is 10.6 Å². The van der Waals surface area contributed by atoms with E-state index < -0.39 is 5.97 Å². The van der Waals surface area contributed by atoms with E-state index in [1.807, 2.05) is 0 Å². The molecule has 1 fully saturated rings. The minimum Gasteiger partial charge on any atom is -0.481 e. The number of rotatable bonds is 5. The zero-order chi connectivity index (χ0) is 13.2. The largest absolute Gasteiger partial charge is 0.481 e. The summed E-state index contributed by atoms with van der Waals surface area (Å²) in [4.78, 5) is 10.9. The van der Waals surface area contributed by atoms with Gasteiger partial charge in [-0.25, -0.2) is 0 Å². The molecule has 0 bridgehead atoms. The van der Waals surface area contributed by atoms with Crippen LogP contribution in [0.1, 0.15) is 30.5 Å². The van der Waals surface area contributed by atoms with Crippen molar-refractivity contribution in [3.8, 4) is 0 Å². The van der Waals surface area contributed by atoms with Crippen LogP contribution in [-0.4, -0.2) is 29.7 Å². The number of nitrogens with one attached hydrogen (secondary N) is 2. The molecule has 0 amide bonds. The summed E-state index contributed by atoms with van der Waals surface area (Å²) in [5.41, 5.74) is 2.13. The van der Waals surface area contributed by atoms with Crippen molar-refractivity contribution in [1.29, 1.82) is 0 Å². The van der Waals surface area contributed by atoms with E-state index in [0.29, 0.717) is 0 Å². The molecule has 1 saturated heterocycles. The van der Waals surface area contributed by atoms with Crippen LogP contribution in [-0.2, 0) is 4.79 Å². The Kier molecular flexibility index (Phi) is 3.68. The Morgan fingerprint density at radius 1 is 1.44 bits per heavy atom. The van der Waals surface area contributed by atoms with Crippen LogP contribution in [0.25, 0.3) is 0 Å². The minimum absolute atomic E-state index is 0.159. The lowest BCUT2D eigenvalue weighted by Gasteiger charge is -2.44. The number of aliphatic carboxylic acids is 1. The molecule has 0 radical (unpaired) electrons. The van der Waals surface area contributed by atoms with Gasteiger partial charge in [-0.2, -0.15) is 0 Å².